The fourth-order valence-electron chi connectivity index (χ4n) is 4.44. The molecule has 7 nitrogen and oxygen atoms in total. The molecule has 1 atom stereocenters. The van der Waals surface area contributed by atoms with Gasteiger partial charge in [-0.1, -0.05) is 36.4 Å². The molecule has 3 aromatic rings. The Bertz CT molecular complexity index is 1240. The van der Waals surface area contributed by atoms with E-state index in [9.17, 15) is 9.59 Å². The highest BCUT2D eigenvalue weighted by Crippen LogP contribution is 2.25. The van der Waals surface area contributed by atoms with E-state index in [2.05, 4.69) is 16.3 Å². The van der Waals surface area contributed by atoms with Gasteiger partial charge in [0.15, 0.2) is 0 Å². The van der Waals surface area contributed by atoms with E-state index in [4.69, 9.17) is 11.0 Å². The summed E-state index contributed by atoms with van der Waals surface area (Å²) in [5.41, 5.74) is 9.17. The normalized spacial score (nSPS) is 16.3. The van der Waals surface area contributed by atoms with Crippen molar-refractivity contribution in [3.63, 3.8) is 0 Å². The summed E-state index contributed by atoms with van der Waals surface area (Å²) < 4.78 is 2.04. The zero-order chi connectivity index (χ0) is 23.2. The lowest BCUT2D eigenvalue weighted by atomic mass is 10.1. The monoisotopic (exact) mass is 441 g/mol. The Hall–Kier alpha value is -3.89. The van der Waals surface area contributed by atoms with Crippen molar-refractivity contribution in [1.29, 1.82) is 5.26 Å². The number of aromatic nitrogens is 1. The summed E-state index contributed by atoms with van der Waals surface area (Å²) in [7, 11) is 0. The molecule has 1 unspecified atom stereocenters. The molecule has 4 rings (SSSR count). The van der Waals surface area contributed by atoms with E-state index in [-0.39, 0.29) is 17.9 Å². The number of fused-ring (bicyclic) bond motifs is 1. The molecule has 7 heteroatoms. The summed E-state index contributed by atoms with van der Waals surface area (Å²) in [6, 6.07) is 17.5. The first-order chi connectivity index (χ1) is 16.1. The SMILES string of the molecule is N#CCCn1cc(/C=C/C(=O)Nc2ccccc2CN2CCCC2C(N)=O)c2ccccc21. The molecule has 1 aliphatic rings. The van der Waals surface area contributed by atoms with Gasteiger partial charge in [0.05, 0.1) is 18.5 Å². The number of nitrogens with zero attached hydrogens (tertiary/aromatic N) is 3. The summed E-state index contributed by atoms with van der Waals surface area (Å²) in [5, 5.41) is 12.9. The molecule has 1 fully saturated rings. The smallest absolute Gasteiger partial charge is 0.248 e. The zero-order valence-corrected chi connectivity index (χ0v) is 18.4. The summed E-state index contributed by atoms with van der Waals surface area (Å²) in [4.78, 5) is 26.5. The number of likely N-dealkylation sites (tertiary alicyclic amines) is 1. The second kappa shape index (κ2) is 10.2. The largest absolute Gasteiger partial charge is 0.368 e. The number of nitriles is 1. The maximum Gasteiger partial charge on any atom is 0.248 e. The second-order valence-electron chi connectivity index (χ2n) is 8.21. The highest BCUT2D eigenvalue weighted by atomic mass is 16.2. The molecule has 2 heterocycles. The molecule has 33 heavy (non-hydrogen) atoms. The van der Waals surface area contributed by atoms with Crippen LogP contribution in [0.3, 0.4) is 0 Å². The van der Waals surface area contributed by atoms with Crippen LogP contribution in [0.15, 0.2) is 60.8 Å². The molecular formula is C26H27N5O2. The lowest BCUT2D eigenvalue weighted by molar-refractivity contribution is -0.122. The van der Waals surface area contributed by atoms with Crippen LogP contribution in [-0.2, 0) is 22.7 Å². The average Bonchev–Trinajstić information content (AvgIpc) is 3.42. The predicted molar refractivity (Wildman–Crippen MR) is 129 cm³/mol. The van der Waals surface area contributed by atoms with E-state index in [1.54, 1.807) is 6.08 Å². The molecule has 2 aromatic carbocycles. The Kier molecular flexibility index (Phi) is 6.86. The van der Waals surface area contributed by atoms with Gasteiger partial charge in [0, 0.05) is 47.5 Å². The number of amides is 2. The second-order valence-corrected chi connectivity index (χ2v) is 8.21. The minimum atomic E-state index is -0.300. The molecule has 0 saturated carbocycles. The molecule has 0 aliphatic carbocycles. The molecule has 1 aliphatic heterocycles. The average molecular weight is 442 g/mol. The Morgan fingerprint density at radius 1 is 1.18 bits per heavy atom. The Morgan fingerprint density at radius 2 is 1.97 bits per heavy atom. The number of hydrogen-bond donors (Lipinski definition) is 2. The first-order valence-electron chi connectivity index (χ1n) is 11.1. The van der Waals surface area contributed by atoms with Crippen LogP contribution in [0.1, 0.15) is 30.4 Å². The van der Waals surface area contributed by atoms with E-state index >= 15 is 0 Å². The zero-order valence-electron chi connectivity index (χ0n) is 18.4. The predicted octanol–water partition coefficient (Wildman–Crippen LogP) is 3.66. The molecule has 0 spiro atoms. The Balaban J connectivity index is 1.49. The molecule has 2 amide bonds. The van der Waals surface area contributed by atoms with Crippen LogP contribution in [0.4, 0.5) is 5.69 Å². The Labute approximate surface area is 193 Å². The van der Waals surface area contributed by atoms with Crippen LogP contribution in [-0.4, -0.2) is 33.9 Å². The molecule has 0 bridgehead atoms. The number of carbonyl (C=O) groups is 2. The van der Waals surface area contributed by atoms with Crippen molar-refractivity contribution in [3.05, 3.63) is 71.9 Å². The molecule has 168 valence electrons. The van der Waals surface area contributed by atoms with Crippen molar-refractivity contribution in [3.8, 4) is 6.07 Å². The highest BCUT2D eigenvalue weighted by Gasteiger charge is 2.29. The minimum Gasteiger partial charge on any atom is -0.368 e. The van der Waals surface area contributed by atoms with Crippen LogP contribution in [0.25, 0.3) is 17.0 Å². The van der Waals surface area contributed by atoms with Gasteiger partial charge in [-0.15, -0.1) is 0 Å². The van der Waals surface area contributed by atoms with Gasteiger partial charge >= 0.3 is 0 Å². The fraction of sp³-hybridized carbons (Fsp3) is 0.269. The van der Waals surface area contributed by atoms with Gasteiger partial charge in [0.25, 0.3) is 0 Å². The lowest BCUT2D eigenvalue weighted by Gasteiger charge is -2.23. The summed E-state index contributed by atoms with van der Waals surface area (Å²) in [6.45, 7) is 1.97. The van der Waals surface area contributed by atoms with Gasteiger partial charge in [-0.05, 0) is 43.2 Å². The number of para-hydroxylation sites is 2. The molecule has 1 aromatic heterocycles. The van der Waals surface area contributed by atoms with Gasteiger partial charge in [-0.2, -0.15) is 5.26 Å². The van der Waals surface area contributed by atoms with Crippen LogP contribution < -0.4 is 11.1 Å². The van der Waals surface area contributed by atoms with Crippen molar-refractivity contribution < 1.29 is 9.59 Å². The number of nitrogens with one attached hydrogen (secondary N) is 1. The number of nitrogens with two attached hydrogens (primary N) is 1. The van der Waals surface area contributed by atoms with Crippen molar-refractivity contribution in [2.24, 2.45) is 5.73 Å². The van der Waals surface area contributed by atoms with Crippen molar-refractivity contribution in [1.82, 2.24) is 9.47 Å². The van der Waals surface area contributed by atoms with Gasteiger partial charge < -0.3 is 15.6 Å². The van der Waals surface area contributed by atoms with Crippen LogP contribution >= 0.6 is 0 Å². The standard InChI is InChI=1S/C26H27N5O2/c27-14-6-16-30-17-19(21-8-2-4-10-23(21)30)12-13-25(32)29-22-9-3-1-7-20(22)18-31-15-5-11-24(31)26(28)33/h1-4,7-10,12-13,17,24H,5-6,11,15-16,18H2,(H2,28,33)(H,29,32)/b13-12+. The van der Waals surface area contributed by atoms with Crippen molar-refractivity contribution in [2.45, 2.75) is 38.4 Å². The summed E-state index contributed by atoms with van der Waals surface area (Å²) in [6.07, 6.45) is 7.42. The number of anilines is 1. The summed E-state index contributed by atoms with van der Waals surface area (Å²) >= 11 is 0. The van der Waals surface area contributed by atoms with Gasteiger partial charge in [-0.3, -0.25) is 14.5 Å². The number of aryl methyl sites for hydroxylation is 1. The maximum atomic E-state index is 12.7. The fourth-order valence-corrected chi connectivity index (χ4v) is 4.44. The van der Waals surface area contributed by atoms with Crippen LogP contribution in [0.2, 0.25) is 0 Å². The van der Waals surface area contributed by atoms with Gasteiger partial charge in [0.1, 0.15) is 0 Å². The molecule has 3 N–H and O–H groups in total. The Morgan fingerprint density at radius 3 is 2.79 bits per heavy atom. The molecular weight excluding hydrogens is 414 g/mol. The number of benzene rings is 2. The van der Waals surface area contributed by atoms with Gasteiger partial charge in [0.2, 0.25) is 11.8 Å². The third-order valence-corrected chi connectivity index (χ3v) is 6.04. The third-order valence-electron chi connectivity index (χ3n) is 6.04. The van der Waals surface area contributed by atoms with E-state index in [1.165, 1.54) is 6.08 Å². The number of rotatable bonds is 8. The van der Waals surface area contributed by atoms with Crippen molar-refractivity contribution in [2.75, 3.05) is 11.9 Å². The van der Waals surface area contributed by atoms with Crippen LogP contribution in [0.5, 0.6) is 0 Å². The van der Waals surface area contributed by atoms with Crippen molar-refractivity contribution >= 4 is 34.5 Å². The first kappa shape index (κ1) is 22.3. The summed E-state index contributed by atoms with van der Waals surface area (Å²) in [5.74, 6) is -0.532. The first-order valence-corrected chi connectivity index (χ1v) is 11.1. The number of carbonyl (C=O) groups excluding carboxylic acids is 2. The minimum absolute atomic E-state index is 0.232. The molecule has 0 radical (unpaired) electrons. The third kappa shape index (κ3) is 5.13. The molecule has 1 saturated heterocycles. The van der Waals surface area contributed by atoms with Gasteiger partial charge in [-0.25, -0.2) is 0 Å². The maximum absolute atomic E-state index is 12.7. The van der Waals surface area contributed by atoms with Crippen LogP contribution in [0, 0.1) is 11.3 Å². The van der Waals surface area contributed by atoms with E-state index in [0.29, 0.717) is 19.5 Å². The number of primary amides is 1. The number of hydrogen-bond acceptors (Lipinski definition) is 4. The lowest BCUT2D eigenvalue weighted by Crippen LogP contribution is -2.39. The van der Waals surface area contributed by atoms with E-state index in [0.717, 1.165) is 47.1 Å². The topological polar surface area (TPSA) is 104 Å². The highest BCUT2D eigenvalue weighted by molar-refractivity contribution is 6.03. The quantitative estimate of drug-likeness (QED) is 0.521. The van der Waals surface area contributed by atoms with E-state index < -0.39 is 0 Å². The van der Waals surface area contributed by atoms with E-state index in [1.807, 2.05) is 59.3 Å².